The molecule has 3 rings (SSSR count). The lowest BCUT2D eigenvalue weighted by atomic mass is 9.70. The van der Waals surface area contributed by atoms with Crippen LogP contribution in [0.5, 0.6) is 0 Å². The van der Waals surface area contributed by atoms with Gasteiger partial charge in [0.15, 0.2) is 0 Å². The lowest BCUT2D eigenvalue weighted by Gasteiger charge is -2.40. The van der Waals surface area contributed by atoms with Crippen LogP contribution in [0.15, 0.2) is 34.6 Å². The lowest BCUT2D eigenvalue weighted by molar-refractivity contribution is -0.122. The van der Waals surface area contributed by atoms with E-state index in [0.717, 1.165) is 35.7 Å². The van der Waals surface area contributed by atoms with Crippen molar-refractivity contribution in [2.24, 2.45) is 16.5 Å². The molecule has 2 aromatic rings. The van der Waals surface area contributed by atoms with Crippen LogP contribution in [0.1, 0.15) is 64.1 Å². The van der Waals surface area contributed by atoms with Crippen molar-refractivity contribution >= 4 is 17.8 Å². The molecule has 10 heteroatoms. The maximum Gasteiger partial charge on any atom is 0.278 e. The predicted octanol–water partition coefficient (Wildman–Crippen LogP) is 2.35. The molecule has 1 aliphatic rings. The van der Waals surface area contributed by atoms with Gasteiger partial charge in [-0.2, -0.15) is 15.3 Å². The van der Waals surface area contributed by atoms with Gasteiger partial charge in [-0.3, -0.25) is 9.59 Å². The zero-order valence-electron chi connectivity index (χ0n) is 18.9. The molecule has 32 heavy (non-hydrogen) atoms. The zero-order valence-corrected chi connectivity index (χ0v) is 18.9. The Hall–Kier alpha value is -3.30. The van der Waals surface area contributed by atoms with Crippen molar-refractivity contribution in [2.75, 3.05) is 5.32 Å². The Kier molecular flexibility index (Phi) is 7.22. The van der Waals surface area contributed by atoms with Gasteiger partial charge in [0.1, 0.15) is 6.54 Å². The second kappa shape index (κ2) is 9.88. The Morgan fingerprint density at radius 3 is 2.84 bits per heavy atom. The fourth-order valence-corrected chi connectivity index (χ4v) is 4.34. The number of oxime groups is 1. The summed E-state index contributed by atoms with van der Waals surface area (Å²) >= 11 is 0. The minimum atomic E-state index is -0.509. The molecule has 0 saturated heterocycles. The molecule has 2 heterocycles. The summed E-state index contributed by atoms with van der Waals surface area (Å²) in [4.78, 5) is 25.4. The van der Waals surface area contributed by atoms with Gasteiger partial charge in [0, 0.05) is 12.2 Å². The first-order valence-electron chi connectivity index (χ1n) is 10.8. The molecule has 172 valence electrons. The monoisotopic (exact) mass is 441 g/mol. The third-order valence-corrected chi connectivity index (χ3v) is 6.08. The van der Waals surface area contributed by atoms with E-state index in [4.69, 9.17) is 5.21 Å². The molecule has 2 aromatic heterocycles. The molecule has 1 saturated carbocycles. The van der Waals surface area contributed by atoms with E-state index in [1.165, 1.54) is 6.20 Å². The van der Waals surface area contributed by atoms with Crippen molar-refractivity contribution < 1.29 is 10.0 Å². The number of aromatic nitrogens is 4. The minimum absolute atomic E-state index is 0.165. The van der Waals surface area contributed by atoms with Gasteiger partial charge in [-0.05, 0) is 49.1 Å². The summed E-state index contributed by atoms with van der Waals surface area (Å²) in [6.45, 7) is 8.28. The Morgan fingerprint density at radius 1 is 1.41 bits per heavy atom. The summed E-state index contributed by atoms with van der Waals surface area (Å²) in [5, 5.41) is 30.1. The second-order valence-electron chi connectivity index (χ2n) is 9.28. The van der Waals surface area contributed by atoms with Crippen LogP contribution in [0.25, 0.3) is 0 Å². The van der Waals surface area contributed by atoms with E-state index in [9.17, 15) is 9.59 Å². The number of carbonyl (C=O) groups excluding carboxylic acids is 1. The quantitative estimate of drug-likeness (QED) is 0.341. The zero-order chi connectivity index (χ0) is 23.3. The molecule has 3 atom stereocenters. The van der Waals surface area contributed by atoms with Gasteiger partial charge in [0.25, 0.3) is 5.56 Å². The van der Waals surface area contributed by atoms with E-state index in [-0.39, 0.29) is 30.1 Å². The Balaban J connectivity index is 1.74. The van der Waals surface area contributed by atoms with Crippen molar-refractivity contribution in [1.82, 2.24) is 25.3 Å². The highest BCUT2D eigenvalue weighted by atomic mass is 16.4. The van der Waals surface area contributed by atoms with Gasteiger partial charge in [0.05, 0.1) is 35.9 Å². The summed E-state index contributed by atoms with van der Waals surface area (Å²) in [6, 6.07) is 1.64. The van der Waals surface area contributed by atoms with Crippen molar-refractivity contribution in [3.63, 3.8) is 0 Å². The van der Waals surface area contributed by atoms with Gasteiger partial charge in [-0.15, -0.1) is 0 Å². The topological polar surface area (TPSA) is 134 Å². The number of nitrogens with one attached hydrogen (secondary N) is 2. The first-order valence-corrected chi connectivity index (χ1v) is 10.8. The van der Waals surface area contributed by atoms with E-state index >= 15 is 0 Å². The SMILES string of the molecule is CC(NC(=O)Cn1ncc(NC2CCC(C)(C)C[C@H]2C)c(/C=N/O)c1=O)c1ccnnc1. The van der Waals surface area contributed by atoms with E-state index < -0.39 is 5.56 Å². The van der Waals surface area contributed by atoms with Crippen molar-refractivity contribution in [2.45, 2.75) is 65.6 Å². The third-order valence-electron chi connectivity index (χ3n) is 6.08. The molecule has 1 aliphatic carbocycles. The summed E-state index contributed by atoms with van der Waals surface area (Å²) in [5.41, 5.74) is 1.25. The van der Waals surface area contributed by atoms with E-state index in [1.54, 1.807) is 18.5 Å². The minimum Gasteiger partial charge on any atom is -0.411 e. The highest BCUT2D eigenvalue weighted by molar-refractivity contribution is 5.86. The Morgan fingerprint density at radius 2 is 2.19 bits per heavy atom. The maximum absolute atomic E-state index is 13.0. The molecule has 0 aliphatic heterocycles. The standard InChI is InChI=1S/C22H31N7O3/c1-14-9-22(3,4)7-5-18(14)28-19-12-25-29(21(31)17(19)11-26-32)13-20(30)27-15(2)16-6-8-23-24-10-16/h6,8,10-12,14-15,18,28,32H,5,7,9,13H2,1-4H3,(H,27,30)/b26-11+/t14-,15?,18?/m1/s1. The van der Waals surface area contributed by atoms with Gasteiger partial charge < -0.3 is 15.8 Å². The molecule has 2 unspecified atom stereocenters. The van der Waals surface area contributed by atoms with Crippen LogP contribution in [-0.2, 0) is 11.3 Å². The highest BCUT2D eigenvalue weighted by Crippen LogP contribution is 2.39. The van der Waals surface area contributed by atoms with Gasteiger partial charge in [0.2, 0.25) is 5.91 Å². The van der Waals surface area contributed by atoms with Gasteiger partial charge >= 0.3 is 0 Å². The van der Waals surface area contributed by atoms with Crippen LogP contribution in [0.4, 0.5) is 5.69 Å². The van der Waals surface area contributed by atoms with Gasteiger partial charge in [-0.1, -0.05) is 25.9 Å². The molecule has 0 bridgehead atoms. The molecule has 3 N–H and O–H groups in total. The normalized spacial score (nSPS) is 21.2. The predicted molar refractivity (Wildman–Crippen MR) is 121 cm³/mol. The number of rotatable bonds is 7. The largest absolute Gasteiger partial charge is 0.411 e. The molecular formula is C22H31N7O3. The molecule has 1 amide bonds. The van der Waals surface area contributed by atoms with E-state index in [0.29, 0.717) is 17.0 Å². The summed E-state index contributed by atoms with van der Waals surface area (Å²) in [6.07, 6.45) is 8.83. The van der Waals surface area contributed by atoms with Crippen molar-refractivity contribution in [3.05, 3.63) is 46.1 Å². The van der Waals surface area contributed by atoms with Gasteiger partial charge in [-0.25, -0.2) is 4.68 Å². The molecular weight excluding hydrogens is 410 g/mol. The number of amides is 1. The first-order chi connectivity index (χ1) is 15.2. The molecule has 0 aromatic carbocycles. The average molecular weight is 442 g/mol. The lowest BCUT2D eigenvalue weighted by Crippen LogP contribution is -2.39. The van der Waals surface area contributed by atoms with Crippen LogP contribution in [0.2, 0.25) is 0 Å². The highest BCUT2D eigenvalue weighted by Gasteiger charge is 2.32. The third kappa shape index (κ3) is 5.68. The van der Waals surface area contributed by atoms with E-state index in [1.807, 2.05) is 6.92 Å². The van der Waals surface area contributed by atoms with Crippen LogP contribution < -0.4 is 16.2 Å². The summed E-state index contributed by atoms with van der Waals surface area (Å²) in [5.74, 6) is 0.0367. The molecule has 1 fully saturated rings. The Labute approximate surface area is 187 Å². The number of carbonyl (C=O) groups is 1. The summed E-state index contributed by atoms with van der Waals surface area (Å²) < 4.78 is 1.06. The second-order valence-corrected chi connectivity index (χ2v) is 9.28. The van der Waals surface area contributed by atoms with Crippen molar-refractivity contribution in [3.8, 4) is 0 Å². The molecule has 0 spiro atoms. The average Bonchev–Trinajstić information content (AvgIpc) is 2.74. The van der Waals surface area contributed by atoms with Crippen molar-refractivity contribution in [1.29, 1.82) is 0 Å². The number of hydrogen-bond donors (Lipinski definition) is 3. The molecule has 10 nitrogen and oxygen atoms in total. The fourth-order valence-electron chi connectivity index (χ4n) is 4.34. The number of anilines is 1. The summed E-state index contributed by atoms with van der Waals surface area (Å²) in [7, 11) is 0. The van der Waals surface area contributed by atoms with E-state index in [2.05, 4.69) is 51.9 Å². The van der Waals surface area contributed by atoms with Crippen LogP contribution in [0.3, 0.4) is 0 Å². The Bertz CT molecular complexity index is 1020. The fraction of sp³-hybridized carbons (Fsp3) is 0.545. The number of nitrogens with zero attached hydrogens (tertiary/aromatic N) is 5. The smallest absolute Gasteiger partial charge is 0.278 e. The first kappa shape index (κ1) is 23.4. The van der Waals surface area contributed by atoms with Crippen LogP contribution >= 0.6 is 0 Å². The van der Waals surface area contributed by atoms with Crippen LogP contribution in [0, 0.1) is 11.3 Å². The number of hydrogen-bond acceptors (Lipinski definition) is 8. The molecule has 0 radical (unpaired) electrons. The maximum atomic E-state index is 13.0. The van der Waals surface area contributed by atoms with Crippen LogP contribution in [-0.4, -0.2) is 43.3 Å².